The molecular formula is C37H45F2N5O5S. The van der Waals surface area contributed by atoms with Crippen molar-refractivity contribution in [2.45, 2.75) is 31.8 Å². The molecule has 0 spiro atoms. The minimum atomic E-state index is -0.653. The van der Waals surface area contributed by atoms with E-state index in [1.165, 1.54) is 22.7 Å². The van der Waals surface area contributed by atoms with E-state index in [1.807, 2.05) is 93.0 Å². The first kappa shape index (κ1) is 41.0. The Hall–Kier alpha value is -5.14. The van der Waals surface area contributed by atoms with Crippen molar-refractivity contribution >= 4 is 42.2 Å². The van der Waals surface area contributed by atoms with Crippen molar-refractivity contribution in [1.29, 1.82) is 0 Å². The molecule has 4 aromatic rings. The summed E-state index contributed by atoms with van der Waals surface area (Å²) in [6, 6.07) is 26.8. The van der Waals surface area contributed by atoms with Crippen molar-refractivity contribution in [1.82, 2.24) is 14.8 Å². The molecule has 10 nitrogen and oxygen atoms in total. The highest BCUT2D eigenvalue weighted by molar-refractivity contribution is 7.96. The number of benzene rings is 4. The molecule has 4 rings (SSSR count). The highest BCUT2D eigenvalue weighted by Crippen LogP contribution is 2.17. The standard InChI is InChI=1S/C19H21F2N3O2S.C9H11NO2.C9H13NO/c1-13(7-15-8-16(20)11-17(21)9-15)22-19(26)24-27-23-18(12-25)10-14-5-3-2-4-6-14;1-10(7-11)8-3-5-9(12-2)6-4-8;1-10(2)8-4-6-9(11-3)7-5-8/h2-6,8-9,11-13,18,23H,7,10H2,1H3,(H2,22,24,26);3-7H,1-2H3;4-7H,1-3H3/t13?,18-;;/m0../s1. The summed E-state index contributed by atoms with van der Waals surface area (Å²) in [6.45, 7) is 1.73. The van der Waals surface area contributed by atoms with Crippen LogP contribution in [0.15, 0.2) is 97.1 Å². The van der Waals surface area contributed by atoms with Gasteiger partial charge in [0.15, 0.2) is 0 Å². The van der Waals surface area contributed by atoms with Crippen LogP contribution >= 0.6 is 12.1 Å². The number of hydrogen-bond acceptors (Lipinski definition) is 8. The highest BCUT2D eigenvalue weighted by atomic mass is 32.2. The van der Waals surface area contributed by atoms with E-state index in [9.17, 15) is 23.2 Å². The Morgan fingerprint density at radius 3 is 1.80 bits per heavy atom. The van der Waals surface area contributed by atoms with Gasteiger partial charge in [-0.3, -0.25) is 9.52 Å². The van der Waals surface area contributed by atoms with Crippen LogP contribution < -0.4 is 34.0 Å². The van der Waals surface area contributed by atoms with Gasteiger partial charge in [-0.25, -0.2) is 18.3 Å². The Kier molecular flexibility index (Phi) is 18.5. The molecule has 0 aliphatic carbocycles. The van der Waals surface area contributed by atoms with E-state index in [2.05, 4.69) is 19.7 Å². The quantitative estimate of drug-likeness (QED) is 0.105. The molecule has 0 heterocycles. The van der Waals surface area contributed by atoms with E-state index in [4.69, 9.17) is 9.47 Å². The molecule has 268 valence electrons. The van der Waals surface area contributed by atoms with Gasteiger partial charge in [0, 0.05) is 56.8 Å². The first-order chi connectivity index (χ1) is 24.0. The van der Waals surface area contributed by atoms with Gasteiger partial charge in [0.25, 0.3) is 0 Å². The number of anilines is 2. The average molecular weight is 710 g/mol. The molecule has 0 saturated heterocycles. The minimum absolute atomic E-state index is 0.283. The minimum Gasteiger partial charge on any atom is -0.497 e. The summed E-state index contributed by atoms with van der Waals surface area (Å²) in [6.07, 6.45) is 2.33. The molecule has 13 heteroatoms. The van der Waals surface area contributed by atoms with Gasteiger partial charge in [0.05, 0.1) is 20.3 Å². The van der Waals surface area contributed by atoms with Crippen LogP contribution in [0.3, 0.4) is 0 Å². The molecule has 0 radical (unpaired) electrons. The second-order valence-electron chi connectivity index (χ2n) is 11.1. The van der Waals surface area contributed by atoms with E-state index >= 15 is 0 Å². The summed E-state index contributed by atoms with van der Waals surface area (Å²) in [5.74, 6) is 0.383. The highest BCUT2D eigenvalue weighted by Gasteiger charge is 2.12. The molecule has 3 amide bonds. The third kappa shape index (κ3) is 15.8. The van der Waals surface area contributed by atoms with Crippen LogP contribution in [0, 0.1) is 11.6 Å². The van der Waals surface area contributed by atoms with E-state index in [0.29, 0.717) is 12.0 Å². The molecule has 0 aliphatic heterocycles. The monoisotopic (exact) mass is 709 g/mol. The second-order valence-corrected chi connectivity index (χ2v) is 11.8. The SMILES string of the molecule is CC(Cc1cc(F)cc(F)c1)NC(=O)NSN[C@H](C=O)Cc1ccccc1.COc1ccc(N(C)C)cc1.COc1ccc(N(C)C=O)cc1. The molecule has 50 heavy (non-hydrogen) atoms. The molecular weight excluding hydrogens is 665 g/mol. The Labute approximate surface area is 297 Å². The Morgan fingerprint density at radius 2 is 1.32 bits per heavy atom. The number of urea groups is 1. The van der Waals surface area contributed by atoms with E-state index in [0.717, 1.165) is 53.6 Å². The van der Waals surface area contributed by atoms with Gasteiger partial charge in [0.1, 0.15) is 29.4 Å². The largest absolute Gasteiger partial charge is 0.497 e. The van der Waals surface area contributed by atoms with Crippen molar-refractivity contribution in [3.05, 3.63) is 120 Å². The van der Waals surface area contributed by atoms with Crippen LogP contribution in [0.1, 0.15) is 18.1 Å². The van der Waals surface area contributed by atoms with E-state index < -0.39 is 23.7 Å². The number of amides is 3. The first-order valence-corrected chi connectivity index (χ1v) is 16.3. The van der Waals surface area contributed by atoms with E-state index in [-0.39, 0.29) is 12.5 Å². The number of methoxy groups -OCH3 is 2. The lowest BCUT2D eigenvalue weighted by atomic mass is 10.1. The van der Waals surface area contributed by atoms with Crippen LogP contribution in [-0.2, 0) is 22.4 Å². The van der Waals surface area contributed by atoms with Crippen LogP contribution in [0.25, 0.3) is 0 Å². The lowest BCUT2D eigenvalue weighted by molar-refractivity contribution is -0.109. The van der Waals surface area contributed by atoms with Crippen molar-refractivity contribution in [3.63, 3.8) is 0 Å². The molecule has 1 unspecified atom stereocenters. The average Bonchev–Trinajstić information content (AvgIpc) is 3.11. The fourth-order valence-electron chi connectivity index (χ4n) is 4.28. The third-order valence-corrected chi connectivity index (χ3v) is 7.59. The Balaban J connectivity index is 0.000000309. The number of carbonyl (C=O) groups excluding carboxylic acids is 3. The maximum absolute atomic E-state index is 13.2. The number of carbonyl (C=O) groups is 3. The third-order valence-electron chi connectivity index (χ3n) is 6.89. The summed E-state index contributed by atoms with van der Waals surface area (Å²) in [7, 11) is 9.02. The van der Waals surface area contributed by atoms with Crippen molar-refractivity contribution in [3.8, 4) is 11.5 Å². The van der Waals surface area contributed by atoms with Gasteiger partial charge in [-0.05, 0) is 91.6 Å². The summed E-state index contributed by atoms with van der Waals surface area (Å²) < 4.78 is 41.8. The number of ether oxygens (including phenoxy) is 2. The van der Waals surface area contributed by atoms with Crippen LogP contribution in [0.2, 0.25) is 0 Å². The smallest absolute Gasteiger partial charge is 0.325 e. The van der Waals surface area contributed by atoms with Gasteiger partial charge < -0.3 is 29.4 Å². The predicted molar refractivity (Wildman–Crippen MR) is 197 cm³/mol. The molecule has 2 atom stereocenters. The molecule has 0 aliphatic rings. The van der Waals surface area contributed by atoms with Gasteiger partial charge in [0.2, 0.25) is 6.41 Å². The van der Waals surface area contributed by atoms with Crippen molar-refractivity contribution < 1.29 is 32.6 Å². The van der Waals surface area contributed by atoms with Gasteiger partial charge in [-0.15, -0.1) is 0 Å². The molecule has 3 N–H and O–H groups in total. The molecule has 0 fully saturated rings. The van der Waals surface area contributed by atoms with E-state index in [1.54, 1.807) is 28.2 Å². The number of nitrogens with zero attached hydrogens (tertiary/aromatic N) is 2. The van der Waals surface area contributed by atoms with Crippen molar-refractivity contribution in [2.75, 3.05) is 45.2 Å². The van der Waals surface area contributed by atoms with Crippen LogP contribution in [0.4, 0.5) is 25.0 Å². The van der Waals surface area contributed by atoms with Gasteiger partial charge in [-0.2, -0.15) is 0 Å². The molecule has 4 aromatic carbocycles. The lowest BCUT2D eigenvalue weighted by Crippen LogP contribution is -2.41. The Bertz CT molecular complexity index is 1560. The maximum atomic E-state index is 13.2. The number of rotatable bonds is 14. The zero-order valence-electron chi connectivity index (χ0n) is 29.1. The number of nitrogens with one attached hydrogen (secondary N) is 3. The van der Waals surface area contributed by atoms with Crippen LogP contribution in [-0.4, -0.2) is 66.2 Å². The van der Waals surface area contributed by atoms with Gasteiger partial charge >= 0.3 is 6.03 Å². The number of halogens is 2. The fourth-order valence-corrected chi connectivity index (χ4v) is 4.78. The fraction of sp³-hybridized carbons (Fsp3) is 0.270. The summed E-state index contributed by atoms with van der Waals surface area (Å²) >= 11 is 0.903. The maximum Gasteiger partial charge on any atom is 0.325 e. The van der Waals surface area contributed by atoms with Gasteiger partial charge in [-0.1, -0.05) is 30.3 Å². The topological polar surface area (TPSA) is 112 Å². The lowest BCUT2D eigenvalue weighted by Gasteiger charge is -2.16. The van der Waals surface area contributed by atoms with Crippen molar-refractivity contribution in [2.24, 2.45) is 0 Å². The predicted octanol–water partition coefficient (Wildman–Crippen LogP) is 6.21. The zero-order chi connectivity index (χ0) is 36.9. The number of hydrogen-bond donors (Lipinski definition) is 3. The zero-order valence-corrected chi connectivity index (χ0v) is 29.9. The molecule has 0 bridgehead atoms. The summed E-state index contributed by atoms with van der Waals surface area (Å²) in [5.41, 5.74) is 3.50. The second kappa shape index (κ2) is 22.5. The normalized spacial score (nSPS) is 11.2. The van der Waals surface area contributed by atoms with Crippen LogP contribution in [0.5, 0.6) is 11.5 Å². The summed E-state index contributed by atoms with van der Waals surface area (Å²) in [4.78, 5) is 37.0. The molecule has 0 aromatic heterocycles. The first-order valence-electron chi connectivity index (χ1n) is 15.5. The summed E-state index contributed by atoms with van der Waals surface area (Å²) in [5, 5.41) is 2.66. The molecule has 0 saturated carbocycles. The number of aldehydes is 1. The Morgan fingerprint density at radius 1 is 0.780 bits per heavy atom.